The highest BCUT2D eigenvalue weighted by atomic mass is 16.3. The molecule has 4 heteroatoms. The number of hydrogen-bond donors (Lipinski definition) is 2. The fraction of sp³-hybridized carbons (Fsp3) is 1.00. The normalized spacial score (nSPS) is 24.3. The van der Waals surface area contributed by atoms with Crippen LogP contribution in [-0.4, -0.2) is 72.9 Å². The molecule has 0 bridgehead atoms. The zero-order valence-corrected chi connectivity index (χ0v) is 13.2. The predicted molar refractivity (Wildman–Crippen MR) is 84.1 cm³/mol. The molecule has 1 saturated heterocycles. The second-order valence-corrected chi connectivity index (χ2v) is 6.44. The summed E-state index contributed by atoms with van der Waals surface area (Å²) in [5.41, 5.74) is 0. The molecule has 2 aliphatic rings. The van der Waals surface area contributed by atoms with Crippen LogP contribution in [0.2, 0.25) is 0 Å². The number of rotatable bonds is 8. The average molecular weight is 283 g/mol. The lowest BCUT2D eigenvalue weighted by Crippen LogP contribution is -2.50. The van der Waals surface area contributed by atoms with Gasteiger partial charge in [0.1, 0.15) is 0 Å². The van der Waals surface area contributed by atoms with Gasteiger partial charge < -0.3 is 15.3 Å². The minimum atomic E-state index is 0.266. The summed E-state index contributed by atoms with van der Waals surface area (Å²) in [5.74, 6) is 0. The Labute approximate surface area is 124 Å². The van der Waals surface area contributed by atoms with Crippen LogP contribution in [0, 0.1) is 0 Å². The molecular formula is C16H33N3O. The Kier molecular flexibility index (Phi) is 7.28. The van der Waals surface area contributed by atoms with Gasteiger partial charge in [0.2, 0.25) is 0 Å². The first-order valence-corrected chi connectivity index (χ1v) is 8.64. The standard InChI is InChI=1S/C16H33N3O/c1-2-8-17-15(14-20)7-9-18-10-12-19(13-11-18)16-5-3-4-6-16/h15-17,20H,2-14H2,1H3. The molecule has 0 radical (unpaired) electrons. The fourth-order valence-electron chi connectivity index (χ4n) is 3.57. The number of hydrogen-bond acceptors (Lipinski definition) is 4. The summed E-state index contributed by atoms with van der Waals surface area (Å²) in [5, 5.41) is 12.8. The molecule has 1 heterocycles. The number of nitrogens with one attached hydrogen (secondary N) is 1. The van der Waals surface area contributed by atoms with Crippen molar-refractivity contribution in [2.24, 2.45) is 0 Å². The molecule has 2 rings (SSSR count). The molecule has 0 aromatic heterocycles. The highest BCUT2D eigenvalue weighted by Crippen LogP contribution is 2.24. The Morgan fingerprint density at radius 2 is 1.85 bits per heavy atom. The Hall–Kier alpha value is -0.160. The molecule has 0 amide bonds. The van der Waals surface area contributed by atoms with E-state index >= 15 is 0 Å². The molecule has 1 atom stereocenters. The van der Waals surface area contributed by atoms with Crippen molar-refractivity contribution in [1.82, 2.24) is 15.1 Å². The van der Waals surface area contributed by atoms with Gasteiger partial charge in [-0.1, -0.05) is 19.8 Å². The van der Waals surface area contributed by atoms with E-state index in [0.29, 0.717) is 0 Å². The van der Waals surface area contributed by atoms with E-state index < -0.39 is 0 Å². The van der Waals surface area contributed by atoms with Crippen LogP contribution in [0.5, 0.6) is 0 Å². The highest BCUT2D eigenvalue weighted by molar-refractivity contribution is 4.82. The monoisotopic (exact) mass is 283 g/mol. The van der Waals surface area contributed by atoms with Crippen molar-refractivity contribution in [3.63, 3.8) is 0 Å². The summed E-state index contributed by atoms with van der Waals surface area (Å²) >= 11 is 0. The van der Waals surface area contributed by atoms with Gasteiger partial charge in [0.15, 0.2) is 0 Å². The minimum absolute atomic E-state index is 0.266. The van der Waals surface area contributed by atoms with Gasteiger partial charge in [-0.05, 0) is 38.8 Å². The molecule has 118 valence electrons. The number of aliphatic hydroxyl groups is 1. The van der Waals surface area contributed by atoms with Gasteiger partial charge in [-0.2, -0.15) is 0 Å². The second-order valence-electron chi connectivity index (χ2n) is 6.44. The third kappa shape index (κ3) is 4.99. The van der Waals surface area contributed by atoms with Gasteiger partial charge in [0.05, 0.1) is 6.61 Å². The van der Waals surface area contributed by atoms with Crippen LogP contribution in [0.25, 0.3) is 0 Å². The smallest absolute Gasteiger partial charge is 0.0585 e. The summed E-state index contributed by atoms with van der Waals surface area (Å²) in [6, 6.07) is 1.16. The van der Waals surface area contributed by atoms with Gasteiger partial charge in [-0.25, -0.2) is 0 Å². The maximum absolute atomic E-state index is 9.38. The number of aliphatic hydroxyl groups excluding tert-OH is 1. The van der Waals surface area contributed by atoms with E-state index in [1.54, 1.807) is 0 Å². The molecule has 2 fully saturated rings. The molecule has 2 N–H and O–H groups in total. The zero-order chi connectivity index (χ0) is 14.2. The summed E-state index contributed by atoms with van der Waals surface area (Å²) < 4.78 is 0. The van der Waals surface area contributed by atoms with Crippen molar-refractivity contribution in [1.29, 1.82) is 0 Å². The summed E-state index contributed by atoms with van der Waals surface area (Å²) in [6.45, 7) is 9.49. The first kappa shape index (κ1) is 16.2. The Morgan fingerprint density at radius 3 is 2.45 bits per heavy atom. The van der Waals surface area contributed by atoms with Gasteiger partial charge in [-0.3, -0.25) is 4.90 Å². The van der Waals surface area contributed by atoms with Crippen molar-refractivity contribution in [2.75, 3.05) is 45.9 Å². The van der Waals surface area contributed by atoms with Crippen LogP contribution in [0.15, 0.2) is 0 Å². The first-order valence-electron chi connectivity index (χ1n) is 8.64. The fourth-order valence-corrected chi connectivity index (χ4v) is 3.57. The second kappa shape index (κ2) is 8.98. The van der Waals surface area contributed by atoms with E-state index in [0.717, 1.165) is 32.0 Å². The molecule has 0 aromatic rings. The molecule has 0 spiro atoms. The van der Waals surface area contributed by atoms with Crippen LogP contribution in [0.1, 0.15) is 45.4 Å². The van der Waals surface area contributed by atoms with Crippen LogP contribution in [-0.2, 0) is 0 Å². The van der Waals surface area contributed by atoms with Crippen LogP contribution in [0.3, 0.4) is 0 Å². The van der Waals surface area contributed by atoms with Gasteiger partial charge in [0, 0.05) is 38.3 Å². The zero-order valence-electron chi connectivity index (χ0n) is 13.2. The topological polar surface area (TPSA) is 38.7 Å². The first-order chi connectivity index (χ1) is 9.83. The SMILES string of the molecule is CCCNC(CO)CCN1CCN(C2CCCC2)CC1. The molecule has 4 nitrogen and oxygen atoms in total. The summed E-state index contributed by atoms with van der Waals surface area (Å²) in [7, 11) is 0. The lowest BCUT2D eigenvalue weighted by atomic mass is 10.1. The van der Waals surface area contributed by atoms with Gasteiger partial charge in [0.25, 0.3) is 0 Å². The van der Waals surface area contributed by atoms with Crippen molar-refractivity contribution >= 4 is 0 Å². The van der Waals surface area contributed by atoms with E-state index in [1.165, 1.54) is 51.9 Å². The maximum Gasteiger partial charge on any atom is 0.0585 e. The average Bonchev–Trinajstić information content (AvgIpc) is 3.02. The third-order valence-corrected chi connectivity index (χ3v) is 4.95. The van der Waals surface area contributed by atoms with E-state index in [2.05, 4.69) is 22.0 Å². The molecule has 1 aliphatic carbocycles. The lowest BCUT2D eigenvalue weighted by Gasteiger charge is -2.38. The van der Waals surface area contributed by atoms with Crippen LogP contribution >= 0.6 is 0 Å². The van der Waals surface area contributed by atoms with Gasteiger partial charge >= 0.3 is 0 Å². The molecule has 1 saturated carbocycles. The quantitative estimate of drug-likeness (QED) is 0.704. The Morgan fingerprint density at radius 1 is 1.15 bits per heavy atom. The predicted octanol–water partition coefficient (Wildman–Crippen LogP) is 1.30. The number of nitrogens with zero attached hydrogens (tertiary/aromatic N) is 2. The lowest BCUT2D eigenvalue weighted by molar-refractivity contribution is 0.0928. The molecule has 1 unspecified atom stereocenters. The van der Waals surface area contributed by atoms with E-state index in [-0.39, 0.29) is 12.6 Å². The van der Waals surface area contributed by atoms with Crippen molar-refractivity contribution < 1.29 is 5.11 Å². The molecule has 1 aliphatic heterocycles. The maximum atomic E-state index is 9.38. The van der Waals surface area contributed by atoms with Crippen molar-refractivity contribution in [3.8, 4) is 0 Å². The molecule has 0 aromatic carbocycles. The summed E-state index contributed by atoms with van der Waals surface area (Å²) in [4.78, 5) is 5.28. The molecule has 20 heavy (non-hydrogen) atoms. The van der Waals surface area contributed by atoms with Crippen molar-refractivity contribution in [3.05, 3.63) is 0 Å². The van der Waals surface area contributed by atoms with Crippen molar-refractivity contribution in [2.45, 2.75) is 57.5 Å². The Balaban J connectivity index is 1.61. The van der Waals surface area contributed by atoms with E-state index in [9.17, 15) is 5.11 Å². The van der Waals surface area contributed by atoms with Crippen LogP contribution < -0.4 is 5.32 Å². The number of piperazine rings is 1. The highest BCUT2D eigenvalue weighted by Gasteiger charge is 2.26. The Bertz CT molecular complexity index is 248. The largest absolute Gasteiger partial charge is 0.395 e. The van der Waals surface area contributed by atoms with E-state index in [4.69, 9.17) is 0 Å². The molecular weight excluding hydrogens is 250 g/mol. The van der Waals surface area contributed by atoms with Crippen LogP contribution in [0.4, 0.5) is 0 Å². The van der Waals surface area contributed by atoms with E-state index in [1.807, 2.05) is 0 Å². The summed E-state index contributed by atoms with van der Waals surface area (Å²) in [6.07, 6.45) is 7.93. The minimum Gasteiger partial charge on any atom is -0.395 e. The van der Waals surface area contributed by atoms with Gasteiger partial charge in [-0.15, -0.1) is 0 Å². The third-order valence-electron chi connectivity index (χ3n) is 4.95.